The van der Waals surface area contributed by atoms with Gasteiger partial charge in [-0.05, 0) is 36.4 Å². The molecule has 132 valence electrons. The molecular formula is C14H9F3N2O5S. The Hall–Kier alpha value is -2.95. The summed E-state index contributed by atoms with van der Waals surface area (Å²) in [5.41, 5.74) is 0.421. The highest BCUT2D eigenvalue weighted by molar-refractivity contribution is 7.92. The minimum absolute atomic E-state index is 0.0325. The molecule has 0 aliphatic rings. The number of nitrogens with one attached hydrogen (secondary N) is 2. The third-order valence-electron chi connectivity index (χ3n) is 3.04. The van der Waals surface area contributed by atoms with Crippen LogP contribution in [0.1, 0.15) is 0 Å². The number of rotatable bonds is 4. The Morgan fingerprint density at radius 2 is 1.76 bits per heavy atom. The number of H-pyrrole nitrogens is 1. The average Bonchev–Trinajstić information content (AvgIpc) is 2.86. The van der Waals surface area contributed by atoms with Gasteiger partial charge in [0.2, 0.25) is 0 Å². The van der Waals surface area contributed by atoms with Crippen LogP contribution in [-0.4, -0.2) is 19.8 Å². The lowest BCUT2D eigenvalue weighted by Gasteiger charge is -2.11. The molecule has 25 heavy (non-hydrogen) atoms. The lowest BCUT2D eigenvalue weighted by Crippen LogP contribution is -2.17. The van der Waals surface area contributed by atoms with Gasteiger partial charge in [-0.25, -0.2) is 13.2 Å². The fourth-order valence-corrected chi connectivity index (χ4v) is 3.11. The van der Waals surface area contributed by atoms with Gasteiger partial charge in [-0.3, -0.25) is 9.71 Å². The van der Waals surface area contributed by atoms with Gasteiger partial charge in [-0.2, -0.15) is 0 Å². The molecule has 2 N–H and O–H groups in total. The van der Waals surface area contributed by atoms with Crippen LogP contribution in [0.3, 0.4) is 0 Å². The molecule has 0 atom stereocenters. The number of halogens is 3. The fraction of sp³-hybridized carbons (Fsp3) is 0.0714. The van der Waals surface area contributed by atoms with Gasteiger partial charge in [0, 0.05) is 11.8 Å². The Kier molecular flexibility index (Phi) is 3.95. The van der Waals surface area contributed by atoms with Gasteiger partial charge in [-0.15, -0.1) is 13.2 Å². The number of fused-ring (bicyclic) bond motifs is 1. The zero-order valence-electron chi connectivity index (χ0n) is 12.1. The number of aromatic nitrogens is 1. The van der Waals surface area contributed by atoms with Crippen molar-refractivity contribution in [2.24, 2.45) is 0 Å². The van der Waals surface area contributed by atoms with Crippen molar-refractivity contribution in [3.8, 4) is 5.75 Å². The molecule has 3 aromatic rings. The zero-order valence-corrected chi connectivity index (χ0v) is 12.9. The van der Waals surface area contributed by atoms with Crippen molar-refractivity contribution in [1.29, 1.82) is 0 Å². The topological polar surface area (TPSA) is 101 Å². The number of anilines is 1. The summed E-state index contributed by atoms with van der Waals surface area (Å²) in [5, 5.41) is 0. The Morgan fingerprint density at radius 1 is 1.08 bits per heavy atom. The van der Waals surface area contributed by atoms with Crippen LogP contribution in [0, 0.1) is 0 Å². The first-order valence-corrected chi connectivity index (χ1v) is 8.12. The number of benzene rings is 2. The summed E-state index contributed by atoms with van der Waals surface area (Å²) in [4.78, 5) is 13.3. The van der Waals surface area contributed by atoms with E-state index in [2.05, 4.69) is 14.4 Å². The number of sulfonamides is 1. The normalized spacial score (nSPS) is 12.3. The van der Waals surface area contributed by atoms with E-state index in [4.69, 9.17) is 4.42 Å². The Labute approximate surface area is 138 Å². The van der Waals surface area contributed by atoms with Gasteiger partial charge in [0.1, 0.15) is 5.75 Å². The molecule has 0 unspecified atom stereocenters. The molecule has 1 heterocycles. The largest absolute Gasteiger partial charge is 0.573 e. The number of hydrogen-bond acceptors (Lipinski definition) is 5. The van der Waals surface area contributed by atoms with Crippen LogP contribution in [0.15, 0.2) is 56.6 Å². The molecule has 2 aromatic carbocycles. The van der Waals surface area contributed by atoms with E-state index in [1.807, 2.05) is 0 Å². The van der Waals surface area contributed by atoms with E-state index < -0.39 is 27.9 Å². The lowest BCUT2D eigenvalue weighted by atomic mass is 10.3. The molecule has 1 aromatic heterocycles. The maximum Gasteiger partial charge on any atom is 0.573 e. The Morgan fingerprint density at radius 3 is 2.40 bits per heavy atom. The van der Waals surface area contributed by atoms with Crippen LogP contribution in [-0.2, 0) is 10.0 Å². The first-order valence-electron chi connectivity index (χ1n) is 6.64. The molecule has 0 aliphatic heterocycles. The average molecular weight is 374 g/mol. The van der Waals surface area contributed by atoms with E-state index in [0.717, 1.165) is 30.3 Å². The second kappa shape index (κ2) is 5.84. The summed E-state index contributed by atoms with van der Waals surface area (Å²) in [6.07, 6.45) is -4.84. The smallest absolute Gasteiger partial charge is 0.408 e. The van der Waals surface area contributed by atoms with Crippen molar-refractivity contribution in [1.82, 2.24) is 4.98 Å². The van der Waals surface area contributed by atoms with Crippen LogP contribution in [0.4, 0.5) is 18.9 Å². The highest BCUT2D eigenvalue weighted by Crippen LogP contribution is 2.25. The van der Waals surface area contributed by atoms with E-state index in [9.17, 15) is 26.4 Å². The fourth-order valence-electron chi connectivity index (χ4n) is 2.03. The van der Waals surface area contributed by atoms with E-state index in [-0.39, 0.29) is 16.2 Å². The van der Waals surface area contributed by atoms with Gasteiger partial charge >= 0.3 is 12.1 Å². The Bertz CT molecular complexity index is 1070. The summed E-state index contributed by atoms with van der Waals surface area (Å²) < 4.78 is 71.6. The first kappa shape index (κ1) is 16.9. The van der Waals surface area contributed by atoms with Crippen molar-refractivity contribution in [2.75, 3.05) is 4.72 Å². The highest BCUT2D eigenvalue weighted by Gasteiger charge is 2.31. The molecule has 3 rings (SSSR count). The number of oxazole rings is 1. The van der Waals surface area contributed by atoms with Crippen LogP contribution in [0.5, 0.6) is 5.75 Å². The lowest BCUT2D eigenvalue weighted by molar-refractivity contribution is -0.274. The maximum absolute atomic E-state index is 12.3. The number of hydrogen-bond donors (Lipinski definition) is 2. The maximum atomic E-state index is 12.3. The van der Waals surface area contributed by atoms with Gasteiger partial charge in [0.05, 0.1) is 10.4 Å². The van der Waals surface area contributed by atoms with Gasteiger partial charge in [0.25, 0.3) is 10.0 Å². The summed E-state index contributed by atoms with van der Waals surface area (Å²) in [5.74, 6) is -1.20. The third kappa shape index (κ3) is 3.94. The van der Waals surface area contributed by atoms with Gasteiger partial charge in [0.15, 0.2) is 5.58 Å². The molecule has 0 radical (unpaired) electrons. The van der Waals surface area contributed by atoms with Crippen molar-refractivity contribution in [3.05, 3.63) is 53.0 Å². The Balaban J connectivity index is 1.83. The standard InChI is InChI=1S/C14H9F3N2O5S/c15-14(16,17)24-9-3-1-8(2-4-9)19-25(21,22)10-5-6-11-12(7-10)23-13(20)18-11/h1-7,19H,(H,18,20). The molecule has 0 saturated carbocycles. The quantitative estimate of drug-likeness (QED) is 0.731. The monoisotopic (exact) mass is 374 g/mol. The number of ether oxygens (including phenoxy) is 1. The first-order chi connectivity index (χ1) is 11.6. The van der Waals surface area contributed by atoms with Crippen molar-refractivity contribution < 1.29 is 30.7 Å². The van der Waals surface area contributed by atoms with Gasteiger partial charge < -0.3 is 9.15 Å². The highest BCUT2D eigenvalue weighted by atomic mass is 32.2. The summed E-state index contributed by atoms with van der Waals surface area (Å²) >= 11 is 0. The molecule has 0 bridgehead atoms. The predicted octanol–water partition coefficient (Wildman–Crippen LogP) is 2.82. The number of alkyl halides is 3. The van der Waals surface area contributed by atoms with Crippen LogP contribution < -0.4 is 15.2 Å². The summed E-state index contributed by atoms with van der Waals surface area (Å²) in [6, 6.07) is 7.93. The summed E-state index contributed by atoms with van der Waals surface area (Å²) in [6.45, 7) is 0. The minimum atomic E-state index is -4.84. The van der Waals surface area contributed by atoms with Crippen molar-refractivity contribution in [2.45, 2.75) is 11.3 Å². The van der Waals surface area contributed by atoms with E-state index in [0.29, 0.717) is 5.52 Å². The molecule has 0 spiro atoms. The van der Waals surface area contributed by atoms with E-state index in [1.165, 1.54) is 12.1 Å². The van der Waals surface area contributed by atoms with Crippen molar-refractivity contribution >= 4 is 26.8 Å². The molecule has 0 aliphatic carbocycles. The van der Waals surface area contributed by atoms with Crippen LogP contribution in [0.25, 0.3) is 11.1 Å². The van der Waals surface area contributed by atoms with Gasteiger partial charge in [-0.1, -0.05) is 0 Å². The molecular weight excluding hydrogens is 365 g/mol. The minimum Gasteiger partial charge on any atom is -0.408 e. The number of aromatic amines is 1. The molecule has 0 fully saturated rings. The molecule has 0 saturated heterocycles. The van der Waals surface area contributed by atoms with E-state index in [1.54, 1.807) is 0 Å². The molecule has 11 heteroatoms. The molecule has 0 amide bonds. The third-order valence-corrected chi connectivity index (χ3v) is 4.42. The zero-order chi connectivity index (χ0) is 18.2. The summed E-state index contributed by atoms with van der Waals surface area (Å²) in [7, 11) is -4.03. The van der Waals surface area contributed by atoms with E-state index >= 15 is 0 Å². The SMILES string of the molecule is O=c1[nH]c2ccc(S(=O)(=O)Nc3ccc(OC(F)(F)F)cc3)cc2o1. The van der Waals surface area contributed by atoms with Crippen LogP contribution >= 0.6 is 0 Å². The second-order valence-corrected chi connectivity index (χ2v) is 6.53. The van der Waals surface area contributed by atoms with Crippen LogP contribution in [0.2, 0.25) is 0 Å². The van der Waals surface area contributed by atoms with Crippen molar-refractivity contribution in [3.63, 3.8) is 0 Å². The predicted molar refractivity (Wildman–Crippen MR) is 80.8 cm³/mol. The second-order valence-electron chi connectivity index (χ2n) is 4.85. The molecule has 7 nitrogen and oxygen atoms in total.